The van der Waals surface area contributed by atoms with Crippen molar-refractivity contribution in [2.75, 3.05) is 0 Å². The van der Waals surface area contributed by atoms with Gasteiger partial charge in [-0.2, -0.15) is 18.3 Å². The molecule has 0 aliphatic heterocycles. The first-order valence-electron chi connectivity index (χ1n) is 3.87. The molecule has 0 radical (unpaired) electrons. The second kappa shape index (κ2) is 4.79. The van der Waals surface area contributed by atoms with Crippen LogP contribution in [-0.4, -0.2) is 10.2 Å². The average molecular weight is 192 g/mol. The molecule has 1 aromatic heterocycles. The van der Waals surface area contributed by atoms with Crippen molar-refractivity contribution in [2.24, 2.45) is 0 Å². The minimum absolute atomic E-state index is 0.0903. The van der Waals surface area contributed by atoms with Crippen molar-refractivity contribution < 1.29 is 13.2 Å². The zero-order chi connectivity index (χ0) is 10.5. The molecule has 0 aromatic carbocycles. The highest BCUT2D eigenvalue weighted by Crippen LogP contribution is 2.28. The van der Waals surface area contributed by atoms with E-state index in [0.29, 0.717) is 0 Å². The maximum atomic E-state index is 11.9. The van der Waals surface area contributed by atoms with Crippen molar-refractivity contribution in [1.82, 2.24) is 10.2 Å². The third-order valence-corrected chi connectivity index (χ3v) is 1.19. The van der Waals surface area contributed by atoms with Crippen LogP contribution in [0.25, 0.3) is 0 Å². The Morgan fingerprint density at radius 1 is 1.23 bits per heavy atom. The SMILES string of the molecule is CC.Cc1ccnnc1C(F)(F)F. The molecule has 0 N–H and O–H groups in total. The topological polar surface area (TPSA) is 25.8 Å². The Labute approximate surface area is 74.8 Å². The van der Waals surface area contributed by atoms with Crippen LogP contribution in [0.3, 0.4) is 0 Å². The largest absolute Gasteiger partial charge is 0.435 e. The van der Waals surface area contributed by atoms with Crippen molar-refractivity contribution in [2.45, 2.75) is 26.9 Å². The van der Waals surface area contributed by atoms with E-state index in [1.807, 2.05) is 13.8 Å². The summed E-state index contributed by atoms with van der Waals surface area (Å²) in [5, 5.41) is 6.12. The molecule has 0 atom stereocenters. The fourth-order valence-electron chi connectivity index (χ4n) is 0.674. The molecule has 0 saturated carbocycles. The van der Waals surface area contributed by atoms with Crippen molar-refractivity contribution in [3.63, 3.8) is 0 Å². The summed E-state index contributed by atoms with van der Waals surface area (Å²) in [6.45, 7) is 5.34. The molecule has 13 heavy (non-hydrogen) atoms. The molecule has 1 aromatic rings. The minimum Gasteiger partial charge on any atom is -0.164 e. The van der Waals surface area contributed by atoms with Gasteiger partial charge in [-0.1, -0.05) is 13.8 Å². The monoisotopic (exact) mass is 192 g/mol. The fourth-order valence-corrected chi connectivity index (χ4v) is 0.674. The highest BCUT2D eigenvalue weighted by Gasteiger charge is 2.34. The zero-order valence-corrected chi connectivity index (χ0v) is 7.68. The summed E-state index contributed by atoms with van der Waals surface area (Å²) in [5.74, 6) is 0. The highest BCUT2D eigenvalue weighted by atomic mass is 19.4. The number of rotatable bonds is 0. The maximum Gasteiger partial charge on any atom is 0.435 e. The van der Waals surface area contributed by atoms with Gasteiger partial charge in [0.05, 0.1) is 0 Å². The van der Waals surface area contributed by atoms with Gasteiger partial charge in [0, 0.05) is 6.20 Å². The molecule has 1 heterocycles. The van der Waals surface area contributed by atoms with Crippen LogP contribution in [0.2, 0.25) is 0 Å². The molecule has 2 nitrogen and oxygen atoms in total. The van der Waals surface area contributed by atoms with Crippen LogP contribution in [0.1, 0.15) is 25.1 Å². The van der Waals surface area contributed by atoms with E-state index in [1.54, 1.807) is 0 Å². The molecule has 0 aliphatic rings. The number of aromatic nitrogens is 2. The van der Waals surface area contributed by atoms with Gasteiger partial charge in [0.1, 0.15) is 0 Å². The van der Waals surface area contributed by atoms with Gasteiger partial charge in [0.15, 0.2) is 5.69 Å². The molecule has 0 unspecified atom stereocenters. The Morgan fingerprint density at radius 3 is 2.08 bits per heavy atom. The van der Waals surface area contributed by atoms with Crippen molar-refractivity contribution in [1.29, 1.82) is 0 Å². The summed E-state index contributed by atoms with van der Waals surface area (Å²) in [6.07, 6.45) is -3.16. The number of alkyl halides is 3. The van der Waals surface area contributed by atoms with Crippen molar-refractivity contribution in [3.8, 4) is 0 Å². The summed E-state index contributed by atoms with van der Waals surface area (Å²) in [7, 11) is 0. The Balaban J connectivity index is 0.000000671. The third kappa shape index (κ3) is 3.40. The summed E-state index contributed by atoms with van der Waals surface area (Å²) in [6, 6.07) is 1.27. The minimum atomic E-state index is -4.39. The van der Waals surface area contributed by atoms with Crippen LogP contribution in [0.4, 0.5) is 13.2 Å². The Morgan fingerprint density at radius 2 is 1.77 bits per heavy atom. The molecule has 74 valence electrons. The van der Waals surface area contributed by atoms with E-state index in [0.717, 1.165) is 0 Å². The first-order valence-corrected chi connectivity index (χ1v) is 3.87. The van der Waals surface area contributed by atoms with Crippen LogP contribution in [-0.2, 0) is 6.18 Å². The van der Waals surface area contributed by atoms with Gasteiger partial charge in [0.25, 0.3) is 0 Å². The summed E-state index contributed by atoms with van der Waals surface area (Å²) >= 11 is 0. The number of halogens is 3. The molecular formula is C8H11F3N2. The quantitative estimate of drug-likeness (QED) is 0.631. The van der Waals surface area contributed by atoms with Gasteiger partial charge < -0.3 is 0 Å². The van der Waals surface area contributed by atoms with Crippen LogP contribution in [0.15, 0.2) is 12.3 Å². The van der Waals surface area contributed by atoms with E-state index in [4.69, 9.17) is 0 Å². The van der Waals surface area contributed by atoms with Gasteiger partial charge in [-0.3, -0.25) is 0 Å². The lowest BCUT2D eigenvalue weighted by molar-refractivity contribution is -0.142. The smallest absolute Gasteiger partial charge is 0.164 e. The van der Waals surface area contributed by atoms with E-state index in [1.165, 1.54) is 19.2 Å². The first-order chi connectivity index (χ1) is 6.02. The van der Waals surface area contributed by atoms with Gasteiger partial charge in [-0.25, -0.2) is 0 Å². The lowest BCUT2D eigenvalue weighted by Gasteiger charge is -2.05. The number of aryl methyl sites for hydroxylation is 1. The molecule has 0 amide bonds. The second-order valence-corrected chi connectivity index (χ2v) is 2.06. The number of hydrogen-bond acceptors (Lipinski definition) is 2. The lowest BCUT2D eigenvalue weighted by Crippen LogP contribution is -2.10. The highest BCUT2D eigenvalue weighted by molar-refractivity contribution is 5.17. The number of hydrogen-bond donors (Lipinski definition) is 0. The third-order valence-electron chi connectivity index (χ3n) is 1.19. The van der Waals surface area contributed by atoms with E-state index < -0.39 is 11.9 Å². The van der Waals surface area contributed by atoms with Gasteiger partial charge in [-0.05, 0) is 18.6 Å². The second-order valence-electron chi connectivity index (χ2n) is 2.06. The lowest BCUT2D eigenvalue weighted by atomic mass is 10.2. The van der Waals surface area contributed by atoms with E-state index >= 15 is 0 Å². The molecule has 0 aliphatic carbocycles. The van der Waals surface area contributed by atoms with E-state index in [9.17, 15) is 13.2 Å². The maximum absolute atomic E-state index is 11.9. The summed E-state index contributed by atoms with van der Waals surface area (Å²) in [5.41, 5.74) is -0.826. The average Bonchev–Trinajstić information content (AvgIpc) is 2.07. The van der Waals surface area contributed by atoms with Gasteiger partial charge in [0.2, 0.25) is 0 Å². The Bertz CT molecular complexity index is 258. The summed E-state index contributed by atoms with van der Waals surface area (Å²) in [4.78, 5) is 0. The molecule has 5 heteroatoms. The van der Waals surface area contributed by atoms with Crippen LogP contribution >= 0.6 is 0 Å². The molecule has 0 spiro atoms. The van der Waals surface area contributed by atoms with Crippen LogP contribution < -0.4 is 0 Å². The molecule has 0 fully saturated rings. The Kier molecular flexibility index (Phi) is 4.37. The van der Waals surface area contributed by atoms with Crippen molar-refractivity contribution in [3.05, 3.63) is 23.5 Å². The van der Waals surface area contributed by atoms with Gasteiger partial charge in [-0.15, -0.1) is 5.10 Å². The first kappa shape index (κ1) is 11.9. The Hall–Kier alpha value is -1.13. The molecule has 1 rings (SSSR count). The standard InChI is InChI=1S/C6H5F3N2.C2H6/c1-4-2-3-10-11-5(4)6(7,8)9;1-2/h2-3H,1H3;1-2H3. The zero-order valence-electron chi connectivity index (χ0n) is 7.68. The predicted octanol–water partition coefficient (Wildman–Crippen LogP) is 2.83. The van der Waals surface area contributed by atoms with Crippen LogP contribution in [0.5, 0.6) is 0 Å². The van der Waals surface area contributed by atoms with Crippen molar-refractivity contribution >= 4 is 0 Å². The van der Waals surface area contributed by atoms with Gasteiger partial charge >= 0.3 is 6.18 Å². The normalized spacial score (nSPS) is 10.3. The molecular weight excluding hydrogens is 181 g/mol. The number of nitrogens with zero attached hydrogens (tertiary/aromatic N) is 2. The van der Waals surface area contributed by atoms with Crippen LogP contribution in [0, 0.1) is 6.92 Å². The summed E-state index contributed by atoms with van der Waals surface area (Å²) < 4.78 is 35.8. The van der Waals surface area contributed by atoms with E-state index in [-0.39, 0.29) is 5.56 Å². The van der Waals surface area contributed by atoms with E-state index in [2.05, 4.69) is 10.2 Å². The predicted molar refractivity (Wildman–Crippen MR) is 43.1 cm³/mol. The molecule has 0 bridgehead atoms. The molecule has 0 saturated heterocycles. The fraction of sp³-hybridized carbons (Fsp3) is 0.500.